The predicted molar refractivity (Wildman–Crippen MR) is 128 cm³/mol. The molecule has 1 aromatic carbocycles. The Kier molecular flexibility index (Phi) is 6.93. The number of halogens is 5. The summed E-state index contributed by atoms with van der Waals surface area (Å²) in [5, 5.41) is -0.346. The Balaban J connectivity index is 1.87. The van der Waals surface area contributed by atoms with Gasteiger partial charge in [0.2, 0.25) is 10.0 Å². The average molecular weight is 530 g/mol. The lowest BCUT2D eigenvalue weighted by molar-refractivity contribution is -0.140. The molecule has 1 atom stereocenters. The van der Waals surface area contributed by atoms with Gasteiger partial charge in [0.25, 0.3) is 6.43 Å². The molecule has 4 rings (SSSR count). The second-order valence-corrected chi connectivity index (χ2v) is 12.4. The van der Waals surface area contributed by atoms with Crippen LogP contribution < -0.4 is 4.72 Å². The molecule has 0 spiro atoms. The van der Waals surface area contributed by atoms with Crippen LogP contribution in [0.1, 0.15) is 57.3 Å². The van der Waals surface area contributed by atoms with Gasteiger partial charge in [-0.2, -0.15) is 13.2 Å². The fourth-order valence-corrected chi connectivity index (χ4v) is 6.18. The van der Waals surface area contributed by atoms with Crippen molar-refractivity contribution < 1.29 is 30.4 Å². The molecule has 5 nitrogen and oxygen atoms in total. The first-order valence-corrected chi connectivity index (χ1v) is 13.2. The first-order chi connectivity index (χ1) is 16.7. The quantitative estimate of drug-likeness (QED) is 0.353. The van der Waals surface area contributed by atoms with E-state index in [0.717, 1.165) is 12.6 Å². The number of alkyl halides is 5. The largest absolute Gasteiger partial charge is 0.433 e. The summed E-state index contributed by atoms with van der Waals surface area (Å²) in [6, 6.07) is 5.33. The number of pyridine rings is 1. The normalized spacial score (nSPS) is 16.5. The minimum absolute atomic E-state index is 0.0842. The molecular formula is C25H28F5N3O2S. The van der Waals surface area contributed by atoms with Crippen molar-refractivity contribution in [1.29, 1.82) is 0 Å². The molecule has 11 heteroatoms. The molecule has 0 saturated heterocycles. The van der Waals surface area contributed by atoms with E-state index in [1.54, 1.807) is 4.57 Å². The van der Waals surface area contributed by atoms with Gasteiger partial charge in [-0.25, -0.2) is 21.9 Å². The van der Waals surface area contributed by atoms with Crippen LogP contribution >= 0.6 is 0 Å². The van der Waals surface area contributed by atoms with Crippen LogP contribution in [-0.2, 0) is 22.7 Å². The molecular weight excluding hydrogens is 501 g/mol. The van der Waals surface area contributed by atoms with Gasteiger partial charge in [-0.3, -0.25) is 4.98 Å². The maximum absolute atomic E-state index is 14.2. The zero-order valence-electron chi connectivity index (χ0n) is 20.1. The summed E-state index contributed by atoms with van der Waals surface area (Å²) in [5.41, 5.74) is -0.725. The number of hydrogen-bond donors (Lipinski definition) is 1. The molecule has 0 amide bonds. The monoisotopic (exact) mass is 529 g/mol. The number of benzene rings is 1. The van der Waals surface area contributed by atoms with Gasteiger partial charge in [0.05, 0.1) is 5.25 Å². The third kappa shape index (κ3) is 5.41. The molecule has 0 unspecified atom stereocenters. The van der Waals surface area contributed by atoms with Crippen LogP contribution in [0.5, 0.6) is 0 Å². The molecule has 1 aliphatic carbocycles. The van der Waals surface area contributed by atoms with E-state index in [-0.39, 0.29) is 22.1 Å². The highest BCUT2D eigenvalue weighted by atomic mass is 32.2. The summed E-state index contributed by atoms with van der Waals surface area (Å²) in [4.78, 5) is 3.51. The molecule has 1 fully saturated rings. The molecule has 0 bridgehead atoms. The summed E-state index contributed by atoms with van der Waals surface area (Å²) in [6.07, 6.45) is -3.58. The van der Waals surface area contributed by atoms with Crippen molar-refractivity contribution in [2.24, 2.45) is 5.41 Å². The summed E-state index contributed by atoms with van der Waals surface area (Å²) in [7, 11) is -3.96. The van der Waals surface area contributed by atoms with Crippen LogP contribution in [0.4, 0.5) is 22.0 Å². The number of fused-ring (bicyclic) bond motifs is 1. The van der Waals surface area contributed by atoms with Crippen molar-refractivity contribution in [1.82, 2.24) is 14.3 Å². The Hall–Kier alpha value is -2.53. The molecule has 36 heavy (non-hydrogen) atoms. The highest BCUT2D eigenvalue weighted by molar-refractivity contribution is 7.90. The van der Waals surface area contributed by atoms with E-state index in [0.29, 0.717) is 30.3 Å². The molecule has 2 heterocycles. The minimum Gasteiger partial charge on any atom is -0.347 e. The van der Waals surface area contributed by atoms with Crippen molar-refractivity contribution >= 4 is 20.9 Å². The average Bonchev–Trinajstić information content (AvgIpc) is 3.05. The SMILES string of the molecule is CC(C)(C)Cn1cc([C@H](NS(=O)(=O)C2CCC2)C(F)F)c2ccc(-c3cccnc3C(F)(F)F)cc21. The van der Waals surface area contributed by atoms with Crippen LogP contribution in [0.15, 0.2) is 42.7 Å². The number of aromatic nitrogens is 2. The fraction of sp³-hybridized carbons (Fsp3) is 0.480. The Morgan fingerprint density at radius 2 is 1.83 bits per heavy atom. The van der Waals surface area contributed by atoms with Crippen LogP contribution in [0.3, 0.4) is 0 Å². The smallest absolute Gasteiger partial charge is 0.347 e. The van der Waals surface area contributed by atoms with Gasteiger partial charge in [-0.05, 0) is 36.0 Å². The third-order valence-corrected chi connectivity index (χ3v) is 8.25. The molecule has 1 saturated carbocycles. The second-order valence-electron chi connectivity index (χ2n) is 10.4. The first kappa shape index (κ1) is 26.5. The van der Waals surface area contributed by atoms with Gasteiger partial charge in [-0.1, -0.05) is 45.4 Å². The molecule has 0 aliphatic heterocycles. The van der Waals surface area contributed by atoms with Crippen molar-refractivity contribution in [3.63, 3.8) is 0 Å². The summed E-state index contributed by atoms with van der Waals surface area (Å²) in [5.74, 6) is 0. The Labute approximate surface area is 206 Å². The highest BCUT2D eigenvalue weighted by Crippen LogP contribution is 2.39. The van der Waals surface area contributed by atoms with E-state index in [9.17, 15) is 30.4 Å². The topological polar surface area (TPSA) is 64.0 Å². The number of nitrogens with zero attached hydrogens (tertiary/aromatic N) is 2. The van der Waals surface area contributed by atoms with Gasteiger partial charge < -0.3 is 4.57 Å². The van der Waals surface area contributed by atoms with E-state index < -0.39 is 39.6 Å². The van der Waals surface area contributed by atoms with Crippen LogP contribution in [-0.4, -0.2) is 29.6 Å². The number of hydrogen-bond acceptors (Lipinski definition) is 3. The van der Waals surface area contributed by atoms with Gasteiger partial charge in [-0.15, -0.1) is 0 Å². The van der Waals surface area contributed by atoms with E-state index in [2.05, 4.69) is 9.71 Å². The Bertz CT molecular complexity index is 1360. The van der Waals surface area contributed by atoms with Crippen LogP contribution in [0.25, 0.3) is 22.0 Å². The lowest BCUT2D eigenvalue weighted by atomic mass is 9.96. The maximum Gasteiger partial charge on any atom is 0.433 e. The molecule has 1 aliphatic rings. The first-order valence-electron chi connectivity index (χ1n) is 11.6. The van der Waals surface area contributed by atoms with E-state index in [4.69, 9.17) is 0 Å². The van der Waals surface area contributed by atoms with Gasteiger partial charge >= 0.3 is 6.18 Å². The van der Waals surface area contributed by atoms with Crippen molar-refractivity contribution in [3.8, 4) is 11.1 Å². The lowest BCUT2D eigenvalue weighted by Gasteiger charge is -2.28. The second kappa shape index (κ2) is 9.41. The number of sulfonamides is 1. The standard InChI is InChI=1S/C25H28F5N3O2S/c1-24(2,3)14-33-13-19(21(23(26)27)32-36(34,35)16-6-4-7-16)18-10-9-15(12-20(18)33)17-8-5-11-31-22(17)25(28,29)30/h5,8-13,16,21,23,32H,4,6-7,14H2,1-3H3/t21-/m0/s1. The van der Waals surface area contributed by atoms with E-state index in [1.165, 1.54) is 36.5 Å². The number of nitrogens with one attached hydrogen (secondary N) is 1. The minimum atomic E-state index is -4.68. The van der Waals surface area contributed by atoms with Crippen LogP contribution in [0, 0.1) is 5.41 Å². The third-order valence-electron chi connectivity index (χ3n) is 6.31. The zero-order chi connectivity index (χ0) is 26.5. The molecule has 2 aromatic heterocycles. The summed E-state index contributed by atoms with van der Waals surface area (Å²) < 4.78 is 98.5. The van der Waals surface area contributed by atoms with Gasteiger partial charge in [0.1, 0.15) is 6.04 Å². The zero-order valence-corrected chi connectivity index (χ0v) is 20.9. The fourth-order valence-electron chi connectivity index (χ4n) is 4.45. The maximum atomic E-state index is 14.2. The molecule has 1 N–H and O–H groups in total. The van der Waals surface area contributed by atoms with Gasteiger partial charge in [0, 0.05) is 41.0 Å². The Morgan fingerprint density at radius 1 is 1.14 bits per heavy atom. The molecule has 3 aromatic rings. The predicted octanol–water partition coefficient (Wildman–Crippen LogP) is 6.55. The highest BCUT2D eigenvalue weighted by Gasteiger charge is 2.38. The van der Waals surface area contributed by atoms with E-state index in [1.807, 2.05) is 20.8 Å². The van der Waals surface area contributed by atoms with Gasteiger partial charge in [0.15, 0.2) is 5.69 Å². The lowest BCUT2D eigenvalue weighted by Crippen LogP contribution is -2.42. The van der Waals surface area contributed by atoms with Crippen molar-refractivity contribution in [3.05, 3.63) is 54.0 Å². The summed E-state index contributed by atoms with van der Waals surface area (Å²) in [6.45, 7) is 6.19. The Morgan fingerprint density at radius 3 is 2.39 bits per heavy atom. The van der Waals surface area contributed by atoms with Crippen molar-refractivity contribution in [2.45, 2.75) is 70.5 Å². The number of rotatable bonds is 7. The van der Waals surface area contributed by atoms with Crippen molar-refractivity contribution in [2.75, 3.05) is 0 Å². The van der Waals surface area contributed by atoms with Crippen LogP contribution in [0.2, 0.25) is 0 Å². The molecule has 196 valence electrons. The molecule has 0 radical (unpaired) electrons. The van der Waals surface area contributed by atoms with E-state index >= 15 is 0 Å². The summed E-state index contributed by atoms with van der Waals surface area (Å²) >= 11 is 0.